The molecule has 0 spiro atoms. The van der Waals surface area contributed by atoms with E-state index in [1.54, 1.807) is 24.3 Å². The van der Waals surface area contributed by atoms with Crippen molar-refractivity contribution in [2.75, 3.05) is 0 Å². The van der Waals surface area contributed by atoms with Crippen LogP contribution in [-0.4, -0.2) is 13.7 Å². The Labute approximate surface area is 122 Å². The predicted octanol–water partition coefficient (Wildman–Crippen LogP) is 3.70. The second-order valence-electron chi connectivity index (χ2n) is 4.91. The molecule has 2 atom stereocenters. The third-order valence-corrected chi connectivity index (χ3v) is 6.41. The first-order valence-electron chi connectivity index (χ1n) is 6.45. The number of rotatable bonds is 2. The molecule has 0 aromatic heterocycles. The summed E-state index contributed by atoms with van der Waals surface area (Å²) >= 11 is 3.30. The molecule has 1 aliphatic carbocycles. The van der Waals surface area contributed by atoms with Gasteiger partial charge in [-0.05, 0) is 31.0 Å². The number of nitriles is 1. The maximum atomic E-state index is 12.7. The van der Waals surface area contributed by atoms with E-state index < -0.39 is 15.1 Å². The number of sulfone groups is 1. The van der Waals surface area contributed by atoms with Crippen molar-refractivity contribution in [2.45, 2.75) is 42.2 Å². The van der Waals surface area contributed by atoms with Crippen molar-refractivity contribution in [1.29, 1.82) is 5.26 Å². The minimum absolute atomic E-state index is 0.314. The molecular formula is C14H16BrNO2S. The highest BCUT2D eigenvalue weighted by atomic mass is 79.9. The van der Waals surface area contributed by atoms with Crippen LogP contribution in [0.15, 0.2) is 33.6 Å². The predicted molar refractivity (Wildman–Crippen MR) is 77.3 cm³/mol. The fourth-order valence-electron chi connectivity index (χ4n) is 2.61. The van der Waals surface area contributed by atoms with E-state index in [0.717, 1.165) is 23.7 Å². The Morgan fingerprint density at radius 2 is 1.95 bits per heavy atom. The highest BCUT2D eigenvalue weighted by molar-refractivity contribution is 9.10. The normalized spacial score (nSPS) is 24.4. The van der Waals surface area contributed by atoms with Crippen molar-refractivity contribution in [3.63, 3.8) is 0 Å². The fourth-order valence-corrected chi connectivity index (χ4v) is 5.18. The van der Waals surface area contributed by atoms with Crippen LogP contribution in [0.4, 0.5) is 0 Å². The minimum atomic E-state index is -3.42. The third kappa shape index (κ3) is 3.18. The Morgan fingerprint density at radius 3 is 2.63 bits per heavy atom. The Hall–Kier alpha value is -0.860. The summed E-state index contributed by atoms with van der Waals surface area (Å²) in [5, 5.41) is 8.67. The summed E-state index contributed by atoms with van der Waals surface area (Å²) < 4.78 is 26.1. The molecule has 0 aliphatic heterocycles. The lowest BCUT2D eigenvalue weighted by atomic mass is 10.0. The topological polar surface area (TPSA) is 57.9 Å². The lowest BCUT2D eigenvalue weighted by Crippen LogP contribution is -2.28. The van der Waals surface area contributed by atoms with Crippen molar-refractivity contribution in [3.8, 4) is 6.07 Å². The van der Waals surface area contributed by atoms with Gasteiger partial charge in [-0.1, -0.05) is 41.3 Å². The summed E-state index contributed by atoms with van der Waals surface area (Å²) in [6, 6.07) is 8.94. The number of hydrogen-bond donors (Lipinski definition) is 0. The van der Waals surface area contributed by atoms with Crippen LogP contribution in [0.5, 0.6) is 0 Å². The highest BCUT2D eigenvalue weighted by Crippen LogP contribution is 2.32. The molecule has 0 amide bonds. The van der Waals surface area contributed by atoms with Crippen molar-refractivity contribution >= 4 is 25.8 Å². The maximum Gasteiger partial charge on any atom is 0.182 e. The molecule has 1 aromatic rings. The van der Waals surface area contributed by atoms with Gasteiger partial charge in [-0.15, -0.1) is 0 Å². The quantitative estimate of drug-likeness (QED) is 0.770. The van der Waals surface area contributed by atoms with E-state index in [-0.39, 0.29) is 5.92 Å². The van der Waals surface area contributed by atoms with Crippen LogP contribution in [0, 0.1) is 17.2 Å². The molecule has 0 saturated heterocycles. The lowest BCUT2D eigenvalue weighted by Gasteiger charge is -2.19. The van der Waals surface area contributed by atoms with E-state index in [9.17, 15) is 13.7 Å². The van der Waals surface area contributed by atoms with Gasteiger partial charge in [-0.2, -0.15) is 5.26 Å². The molecule has 5 heteroatoms. The number of hydrogen-bond acceptors (Lipinski definition) is 3. The summed E-state index contributed by atoms with van der Waals surface area (Å²) in [6.45, 7) is 0. The van der Waals surface area contributed by atoms with Gasteiger partial charge < -0.3 is 0 Å². The Bertz CT molecular complexity index is 592. The smallest absolute Gasteiger partial charge is 0.182 e. The van der Waals surface area contributed by atoms with Gasteiger partial charge in [-0.25, -0.2) is 8.42 Å². The molecule has 0 bridgehead atoms. The first kappa shape index (κ1) is 14.5. The van der Waals surface area contributed by atoms with Gasteiger partial charge in [0.2, 0.25) is 0 Å². The summed E-state index contributed by atoms with van der Waals surface area (Å²) in [5.41, 5.74) is 0. The number of halogens is 1. The van der Waals surface area contributed by atoms with Gasteiger partial charge in [0.15, 0.2) is 9.84 Å². The molecule has 1 aromatic carbocycles. The molecule has 0 radical (unpaired) electrons. The van der Waals surface area contributed by atoms with Crippen LogP contribution in [0.2, 0.25) is 0 Å². The Balaban J connectivity index is 2.39. The van der Waals surface area contributed by atoms with Crippen molar-refractivity contribution in [1.82, 2.24) is 0 Å². The second-order valence-corrected chi connectivity index (χ2v) is 8.00. The highest BCUT2D eigenvalue weighted by Gasteiger charge is 2.35. The van der Waals surface area contributed by atoms with Crippen LogP contribution >= 0.6 is 15.9 Å². The van der Waals surface area contributed by atoms with Crippen LogP contribution in [0.25, 0.3) is 0 Å². The largest absolute Gasteiger partial charge is 0.223 e. The molecule has 102 valence electrons. The average molecular weight is 342 g/mol. The maximum absolute atomic E-state index is 12.7. The Kier molecular flexibility index (Phi) is 4.64. The molecule has 1 saturated carbocycles. The summed E-state index contributed by atoms with van der Waals surface area (Å²) in [7, 11) is -3.42. The minimum Gasteiger partial charge on any atom is -0.223 e. The van der Waals surface area contributed by atoms with E-state index in [0.29, 0.717) is 17.7 Å². The van der Waals surface area contributed by atoms with Crippen molar-refractivity contribution < 1.29 is 8.42 Å². The molecule has 0 N–H and O–H groups in total. The van der Waals surface area contributed by atoms with Gasteiger partial charge in [0.1, 0.15) is 0 Å². The number of benzene rings is 1. The first-order chi connectivity index (χ1) is 9.05. The zero-order valence-corrected chi connectivity index (χ0v) is 13.0. The second kappa shape index (κ2) is 6.06. The molecule has 1 fully saturated rings. The Morgan fingerprint density at radius 1 is 1.21 bits per heavy atom. The van der Waals surface area contributed by atoms with Crippen LogP contribution in [-0.2, 0) is 9.84 Å². The van der Waals surface area contributed by atoms with Gasteiger partial charge in [0, 0.05) is 4.47 Å². The van der Waals surface area contributed by atoms with Crippen LogP contribution in [0.1, 0.15) is 32.1 Å². The monoisotopic (exact) mass is 341 g/mol. The van der Waals surface area contributed by atoms with E-state index in [2.05, 4.69) is 22.0 Å². The van der Waals surface area contributed by atoms with E-state index in [4.69, 9.17) is 0 Å². The fraction of sp³-hybridized carbons (Fsp3) is 0.500. The van der Waals surface area contributed by atoms with E-state index in [1.165, 1.54) is 0 Å². The van der Waals surface area contributed by atoms with Crippen molar-refractivity contribution in [2.24, 2.45) is 5.92 Å². The SMILES string of the molecule is N#CC1CCCCCC1S(=O)(=O)c1cccc(Br)c1. The molecule has 1 aliphatic rings. The standard InChI is InChI=1S/C14H16BrNO2S/c15-12-6-4-7-13(9-12)19(17,18)14-8-3-1-2-5-11(14)10-16/h4,6-7,9,11,14H,1-3,5,8H2. The molecule has 2 unspecified atom stereocenters. The van der Waals surface area contributed by atoms with Gasteiger partial charge >= 0.3 is 0 Å². The van der Waals surface area contributed by atoms with Crippen molar-refractivity contribution in [3.05, 3.63) is 28.7 Å². The molecular weight excluding hydrogens is 326 g/mol. The van der Waals surface area contributed by atoms with E-state index >= 15 is 0 Å². The van der Waals surface area contributed by atoms with Gasteiger partial charge in [-0.3, -0.25) is 0 Å². The third-order valence-electron chi connectivity index (χ3n) is 3.64. The summed E-state index contributed by atoms with van der Waals surface area (Å²) in [4.78, 5) is 0.314. The lowest BCUT2D eigenvalue weighted by molar-refractivity contribution is 0.523. The zero-order chi connectivity index (χ0) is 13.9. The molecule has 3 nitrogen and oxygen atoms in total. The van der Waals surface area contributed by atoms with Crippen LogP contribution < -0.4 is 0 Å². The molecule has 0 heterocycles. The van der Waals surface area contributed by atoms with Gasteiger partial charge in [0.05, 0.1) is 22.1 Å². The van der Waals surface area contributed by atoms with Crippen LogP contribution in [0.3, 0.4) is 0 Å². The molecule has 2 rings (SSSR count). The summed E-state index contributed by atoms with van der Waals surface area (Å²) in [6.07, 6.45) is 4.13. The number of nitrogens with zero attached hydrogens (tertiary/aromatic N) is 1. The summed E-state index contributed by atoms with van der Waals surface area (Å²) in [5.74, 6) is -0.383. The first-order valence-corrected chi connectivity index (χ1v) is 8.78. The molecule has 19 heavy (non-hydrogen) atoms. The average Bonchev–Trinajstić information content (AvgIpc) is 2.64. The van der Waals surface area contributed by atoms with E-state index in [1.807, 2.05) is 0 Å². The van der Waals surface area contributed by atoms with Gasteiger partial charge in [0.25, 0.3) is 0 Å². The zero-order valence-electron chi connectivity index (χ0n) is 10.5.